The lowest BCUT2D eigenvalue weighted by molar-refractivity contribution is 0.0403. The third-order valence-corrected chi connectivity index (χ3v) is 4.84. The van der Waals surface area contributed by atoms with Gasteiger partial charge in [0.25, 0.3) is 0 Å². The summed E-state index contributed by atoms with van der Waals surface area (Å²) >= 11 is 0. The second-order valence-corrected chi connectivity index (χ2v) is 6.69. The Morgan fingerprint density at radius 3 is 2.95 bits per heavy atom. The first-order valence-electron chi connectivity index (χ1n) is 8.50. The molecule has 0 radical (unpaired) electrons. The summed E-state index contributed by atoms with van der Waals surface area (Å²) in [6.07, 6.45) is 7.89. The van der Waals surface area contributed by atoms with Gasteiger partial charge in [-0.1, -0.05) is 0 Å². The standard InChI is InChI=1S/C16H24N4O2/c21-16(19-6-1-2-7-19)17-9-14-15-13(5-8-22-14)11-20(18-15)10-12-3-4-12/h11-12,14H,1-10H2,(H,17,21)/t14-/m1/s1. The van der Waals surface area contributed by atoms with Crippen molar-refractivity contribution in [3.63, 3.8) is 0 Å². The van der Waals surface area contributed by atoms with E-state index in [9.17, 15) is 4.79 Å². The highest BCUT2D eigenvalue weighted by Gasteiger charge is 2.28. The normalized spacial score (nSPS) is 24.4. The molecule has 1 aromatic rings. The molecular formula is C16H24N4O2. The smallest absolute Gasteiger partial charge is 0.317 e. The van der Waals surface area contributed by atoms with Gasteiger partial charge in [-0.3, -0.25) is 4.68 Å². The minimum Gasteiger partial charge on any atom is -0.370 e. The van der Waals surface area contributed by atoms with Crippen molar-refractivity contribution < 1.29 is 9.53 Å². The average molecular weight is 304 g/mol. The molecule has 1 saturated heterocycles. The minimum atomic E-state index is -0.101. The lowest BCUT2D eigenvalue weighted by Gasteiger charge is -2.24. The van der Waals surface area contributed by atoms with Crippen LogP contribution in [0.4, 0.5) is 4.79 Å². The lowest BCUT2D eigenvalue weighted by atomic mass is 10.1. The fourth-order valence-corrected chi connectivity index (χ4v) is 3.36. The van der Waals surface area contributed by atoms with Crippen molar-refractivity contribution in [2.24, 2.45) is 5.92 Å². The van der Waals surface area contributed by atoms with Crippen molar-refractivity contribution in [1.29, 1.82) is 0 Å². The van der Waals surface area contributed by atoms with E-state index in [-0.39, 0.29) is 12.1 Å². The molecule has 0 spiro atoms. The number of hydrogen-bond donors (Lipinski definition) is 1. The number of nitrogens with one attached hydrogen (secondary N) is 1. The van der Waals surface area contributed by atoms with Crippen LogP contribution in [-0.2, 0) is 17.7 Å². The topological polar surface area (TPSA) is 59.4 Å². The molecule has 22 heavy (non-hydrogen) atoms. The molecule has 0 unspecified atom stereocenters. The van der Waals surface area contributed by atoms with Gasteiger partial charge in [-0.15, -0.1) is 0 Å². The number of amides is 2. The van der Waals surface area contributed by atoms with Crippen LogP contribution < -0.4 is 5.32 Å². The Balaban J connectivity index is 1.38. The zero-order valence-corrected chi connectivity index (χ0v) is 13.0. The van der Waals surface area contributed by atoms with Gasteiger partial charge < -0.3 is 15.0 Å². The van der Waals surface area contributed by atoms with E-state index in [0.717, 1.165) is 50.5 Å². The van der Waals surface area contributed by atoms with Crippen LogP contribution in [0.5, 0.6) is 0 Å². The maximum Gasteiger partial charge on any atom is 0.317 e. The van der Waals surface area contributed by atoms with E-state index in [1.54, 1.807) is 0 Å². The number of hydrogen-bond acceptors (Lipinski definition) is 3. The molecule has 2 amide bonds. The predicted molar refractivity (Wildman–Crippen MR) is 81.6 cm³/mol. The zero-order valence-electron chi connectivity index (χ0n) is 13.0. The summed E-state index contributed by atoms with van der Waals surface area (Å²) < 4.78 is 7.92. The van der Waals surface area contributed by atoms with Crippen LogP contribution in [0.25, 0.3) is 0 Å². The summed E-state index contributed by atoms with van der Waals surface area (Å²) in [6.45, 7) is 4.01. The van der Waals surface area contributed by atoms with Crippen LogP contribution in [0, 0.1) is 5.92 Å². The predicted octanol–water partition coefficient (Wildman–Crippen LogP) is 1.71. The summed E-state index contributed by atoms with van der Waals surface area (Å²) in [5.74, 6) is 0.815. The summed E-state index contributed by atoms with van der Waals surface area (Å²) in [5, 5.41) is 7.72. The van der Waals surface area contributed by atoms with Gasteiger partial charge in [0, 0.05) is 25.8 Å². The first-order valence-corrected chi connectivity index (χ1v) is 8.50. The van der Waals surface area contributed by atoms with Crippen LogP contribution in [0.2, 0.25) is 0 Å². The summed E-state index contributed by atoms with van der Waals surface area (Å²) in [4.78, 5) is 14.0. The van der Waals surface area contributed by atoms with Crippen molar-refractivity contribution in [2.75, 3.05) is 26.2 Å². The van der Waals surface area contributed by atoms with E-state index in [2.05, 4.69) is 16.2 Å². The molecular weight excluding hydrogens is 280 g/mol. The Morgan fingerprint density at radius 1 is 1.36 bits per heavy atom. The van der Waals surface area contributed by atoms with Crippen LogP contribution in [-0.4, -0.2) is 47.0 Å². The minimum absolute atomic E-state index is 0.0330. The molecule has 3 aliphatic rings. The van der Waals surface area contributed by atoms with Gasteiger partial charge in [-0.2, -0.15) is 5.10 Å². The Bertz CT molecular complexity index is 546. The molecule has 1 saturated carbocycles. The van der Waals surface area contributed by atoms with Gasteiger partial charge in [-0.05, 0) is 43.6 Å². The van der Waals surface area contributed by atoms with Gasteiger partial charge in [0.05, 0.1) is 18.8 Å². The number of urea groups is 1. The molecule has 1 atom stereocenters. The zero-order chi connectivity index (χ0) is 14.9. The molecule has 120 valence electrons. The first kappa shape index (κ1) is 14.1. The highest BCUT2D eigenvalue weighted by atomic mass is 16.5. The van der Waals surface area contributed by atoms with Gasteiger partial charge in [0.2, 0.25) is 0 Å². The second kappa shape index (κ2) is 5.91. The van der Waals surface area contributed by atoms with Gasteiger partial charge in [0.15, 0.2) is 0 Å². The summed E-state index contributed by atoms with van der Waals surface area (Å²) in [6, 6.07) is 0.0330. The van der Waals surface area contributed by atoms with E-state index in [0.29, 0.717) is 13.2 Å². The largest absolute Gasteiger partial charge is 0.370 e. The number of carbonyl (C=O) groups excluding carboxylic acids is 1. The van der Waals surface area contributed by atoms with Crippen LogP contribution in [0.3, 0.4) is 0 Å². The molecule has 6 nitrogen and oxygen atoms in total. The molecule has 3 heterocycles. The van der Waals surface area contributed by atoms with E-state index < -0.39 is 0 Å². The van der Waals surface area contributed by atoms with Crippen LogP contribution in [0.1, 0.15) is 43.0 Å². The summed E-state index contributed by atoms with van der Waals surface area (Å²) in [7, 11) is 0. The molecule has 2 aliphatic heterocycles. The van der Waals surface area contributed by atoms with Crippen LogP contribution >= 0.6 is 0 Å². The Morgan fingerprint density at radius 2 is 2.18 bits per heavy atom. The van der Waals surface area contributed by atoms with Gasteiger partial charge >= 0.3 is 6.03 Å². The molecule has 1 aromatic heterocycles. The number of ether oxygens (including phenoxy) is 1. The lowest BCUT2D eigenvalue weighted by Crippen LogP contribution is -2.40. The SMILES string of the molecule is O=C(NC[C@H]1OCCc2cn(CC3CC3)nc21)N1CCCC1. The van der Waals surface area contributed by atoms with Gasteiger partial charge in [-0.25, -0.2) is 4.79 Å². The number of carbonyl (C=O) groups is 1. The highest BCUT2D eigenvalue weighted by Crippen LogP contribution is 2.32. The van der Waals surface area contributed by atoms with E-state index >= 15 is 0 Å². The Hall–Kier alpha value is -1.56. The Labute approximate surface area is 130 Å². The molecule has 2 fully saturated rings. The molecule has 0 bridgehead atoms. The maximum absolute atomic E-state index is 12.1. The number of fused-ring (bicyclic) bond motifs is 1. The van der Waals surface area contributed by atoms with E-state index in [1.807, 2.05) is 4.90 Å². The molecule has 6 heteroatoms. The quantitative estimate of drug-likeness (QED) is 0.921. The molecule has 0 aromatic carbocycles. The Kier molecular flexibility index (Phi) is 3.78. The van der Waals surface area contributed by atoms with Crippen molar-refractivity contribution in [3.05, 3.63) is 17.5 Å². The molecule has 1 N–H and O–H groups in total. The molecule has 1 aliphatic carbocycles. The van der Waals surface area contributed by atoms with Crippen molar-refractivity contribution in [3.8, 4) is 0 Å². The summed E-state index contributed by atoms with van der Waals surface area (Å²) in [5.41, 5.74) is 2.31. The molecule has 4 rings (SSSR count). The first-order chi connectivity index (χ1) is 10.8. The highest BCUT2D eigenvalue weighted by molar-refractivity contribution is 5.74. The van der Waals surface area contributed by atoms with E-state index in [4.69, 9.17) is 9.84 Å². The monoisotopic (exact) mass is 304 g/mol. The number of rotatable bonds is 4. The maximum atomic E-state index is 12.1. The van der Waals surface area contributed by atoms with Gasteiger partial charge in [0.1, 0.15) is 6.10 Å². The number of aromatic nitrogens is 2. The third kappa shape index (κ3) is 2.97. The van der Waals surface area contributed by atoms with Crippen molar-refractivity contribution in [1.82, 2.24) is 20.0 Å². The fourth-order valence-electron chi connectivity index (χ4n) is 3.36. The van der Waals surface area contributed by atoms with Crippen molar-refractivity contribution in [2.45, 2.75) is 44.8 Å². The second-order valence-electron chi connectivity index (χ2n) is 6.69. The third-order valence-electron chi connectivity index (χ3n) is 4.84. The number of likely N-dealkylation sites (tertiary alicyclic amines) is 1. The number of nitrogens with zero attached hydrogens (tertiary/aromatic N) is 3. The average Bonchev–Trinajstić information content (AvgIpc) is 3.03. The van der Waals surface area contributed by atoms with Crippen LogP contribution in [0.15, 0.2) is 6.20 Å². The van der Waals surface area contributed by atoms with E-state index in [1.165, 1.54) is 18.4 Å². The van der Waals surface area contributed by atoms with Crippen molar-refractivity contribution >= 4 is 6.03 Å². The fraction of sp³-hybridized carbons (Fsp3) is 0.750.